The van der Waals surface area contributed by atoms with E-state index in [4.69, 9.17) is 9.57 Å². The molecule has 12 nitrogen and oxygen atoms in total. The molecule has 2 saturated heterocycles. The van der Waals surface area contributed by atoms with Crippen LogP contribution in [0.5, 0.6) is 0 Å². The van der Waals surface area contributed by atoms with E-state index in [-0.39, 0.29) is 38.4 Å². The maximum Gasteiger partial charge on any atom is 0.428 e. The zero-order valence-electron chi connectivity index (χ0n) is 23.5. The molecule has 216 valence electrons. The Morgan fingerprint density at radius 2 is 1.63 bits per heavy atom. The van der Waals surface area contributed by atoms with Gasteiger partial charge in [0.1, 0.15) is 11.1 Å². The highest BCUT2D eigenvalue weighted by molar-refractivity contribution is 6.07. The molecule has 0 aromatic heterocycles. The molecule has 0 radical (unpaired) electrons. The highest BCUT2D eigenvalue weighted by Crippen LogP contribution is 2.39. The number of benzene rings is 2. The maximum absolute atomic E-state index is 13.4. The summed E-state index contributed by atoms with van der Waals surface area (Å²) in [4.78, 5) is 71.3. The van der Waals surface area contributed by atoms with Gasteiger partial charge in [0.05, 0.1) is 6.21 Å². The lowest BCUT2D eigenvalue weighted by Crippen LogP contribution is -2.57. The summed E-state index contributed by atoms with van der Waals surface area (Å²) >= 11 is 0. The normalized spacial score (nSPS) is 16.8. The van der Waals surface area contributed by atoms with Gasteiger partial charge in [-0.2, -0.15) is 5.10 Å². The van der Waals surface area contributed by atoms with Crippen molar-refractivity contribution in [1.29, 1.82) is 0 Å². The lowest BCUT2D eigenvalue weighted by molar-refractivity contribution is -0.182. The lowest BCUT2D eigenvalue weighted by atomic mass is 9.85. The number of hydrogen-bond donors (Lipinski definition) is 1. The maximum atomic E-state index is 13.4. The van der Waals surface area contributed by atoms with Crippen molar-refractivity contribution < 1.29 is 33.5 Å². The number of piperidine rings is 1. The predicted octanol–water partition coefficient (Wildman–Crippen LogP) is 3.46. The van der Waals surface area contributed by atoms with Gasteiger partial charge in [0.25, 0.3) is 11.8 Å². The number of carbonyl (C=O) groups excluding carboxylic acids is 5. The van der Waals surface area contributed by atoms with Crippen LogP contribution in [0.3, 0.4) is 0 Å². The highest BCUT2D eigenvalue weighted by atomic mass is 16.7. The molecule has 12 heteroatoms. The van der Waals surface area contributed by atoms with Gasteiger partial charge >= 0.3 is 18.1 Å². The van der Waals surface area contributed by atoms with E-state index in [9.17, 15) is 24.0 Å². The molecule has 0 atom stereocenters. The SMILES string of the molecule is CC(=O)ON1C(=O)N(Cc2ccccc2)C2(CCN(C(=O)c3ccc(C=NNC(=O)OC(C)(C)C)cc3)CC2)C1=O. The molecule has 0 aliphatic carbocycles. The van der Waals surface area contributed by atoms with Crippen LogP contribution in [0, 0.1) is 0 Å². The standard InChI is InChI=1S/C29H33N5O7/c1-20(35)41-34-25(37)29(33(27(34)39)19-22-8-6-5-7-9-22)14-16-32(17-15-29)24(36)23-12-10-21(11-13-23)18-30-31-26(38)40-28(2,3)4/h5-13,18H,14-17,19H2,1-4H3,(H,31,38). The zero-order valence-corrected chi connectivity index (χ0v) is 23.5. The van der Waals surface area contributed by atoms with E-state index in [1.54, 1.807) is 49.9 Å². The summed E-state index contributed by atoms with van der Waals surface area (Å²) in [6, 6.07) is 15.2. The summed E-state index contributed by atoms with van der Waals surface area (Å²) in [6.45, 7) is 6.97. The number of hydroxylamine groups is 2. The molecule has 41 heavy (non-hydrogen) atoms. The third-order valence-electron chi connectivity index (χ3n) is 6.71. The van der Waals surface area contributed by atoms with E-state index in [2.05, 4.69) is 10.5 Å². The Kier molecular flexibility index (Phi) is 8.41. The Hall–Kier alpha value is -4.74. The topological polar surface area (TPSA) is 138 Å². The molecule has 1 N–H and O–H groups in total. The van der Waals surface area contributed by atoms with E-state index in [0.717, 1.165) is 12.5 Å². The molecule has 2 aliphatic rings. The van der Waals surface area contributed by atoms with Crippen LogP contribution >= 0.6 is 0 Å². The molecule has 2 heterocycles. The molecular formula is C29H33N5O7. The van der Waals surface area contributed by atoms with Crippen LogP contribution in [-0.2, 0) is 25.7 Å². The molecule has 0 unspecified atom stereocenters. The van der Waals surface area contributed by atoms with Crippen LogP contribution in [0.25, 0.3) is 0 Å². The quantitative estimate of drug-likeness (QED) is 0.323. The number of hydrazone groups is 1. The molecule has 2 aliphatic heterocycles. The fourth-order valence-electron chi connectivity index (χ4n) is 4.80. The predicted molar refractivity (Wildman–Crippen MR) is 147 cm³/mol. The van der Waals surface area contributed by atoms with Crippen molar-refractivity contribution in [2.45, 2.75) is 58.2 Å². The van der Waals surface area contributed by atoms with E-state index in [1.807, 2.05) is 30.3 Å². The number of ether oxygens (including phenoxy) is 1. The van der Waals surface area contributed by atoms with Crippen molar-refractivity contribution in [2.75, 3.05) is 13.1 Å². The van der Waals surface area contributed by atoms with E-state index in [1.165, 1.54) is 11.1 Å². The minimum absolute atomic E-state index is 0.156. The fourth-order valence-corrected chi connectivity index (χ4v) is 4.80. The molecule has 5 amide bonds. The smallest absolute Gasteiger partial charge is 0.428 e. The molecule has 4 rings (SSSR count). The first-order valence-corrected chi connectivity index (χ1v) is 13.2. The van der Waals surface area contributed by atoms with Gasteiger partial charge in [-0.15, -0.1) is 0 Å². The van der Waals surface area contributed by atoms with Gasteiger partial charge in [0.15, 0.2) is 0 Å². The number of nitrogens with zero attached hydrogens (tertiary/aromatic N) is 4. The van der Waals surface area contributed by atoms with Crippen molar-refractivity contribution in [3.8, 4) is 0 Å². The van der Waals surface area contributed by atoms with Gasteiger partial charge in [-0.1, -0.05) is 47.5 Å². The number of imide groups is 1. The van der Waals surface area contributed by atoms with Gasteiger partial charge in [-0.05, 0) is 56.9 Å². The number of nitrogens with one attached hydrogen (secondary N) is 1. The van der Waals surface area contributed by atoms with Crippen LogP contribution in [0.1, 0.15) is 62.0 Å². The number of urea groups is 1. The monoisotopic (exact) mass is 563 g/mol. The Morgan fingerprint density at radius 1 is 1.00 bits per heavy atom. The van der Waals surface area contributed by atoms with Crippen molar-refractivity contribution in [3.63, 3.8) is 0 Å². The Balaban J connectivity index is 1.42. The van der Waals surface area contributed by atoms with Crippen LogP contribution in [0.4, 0.5) is 9.59 Å². The fraction of sp³-hybridized carbons (Fsp3) is 0.379. The average molecular weight is 564 g/mol. The number of likely N-dealkylation sites (tertiary alicyclic amines) is 1. The molecule has 0 bridgehead atoms. The molecular weight excluding hydrogens is 530 g/mol. The third-order valence-corrected chi connectivity index (χ3v) is 6.71. The van der Waals surface area contributed by atoms with E-state index >= 15 is 0 Å². The minimum atomic E-state index is -1.24. The number of carbonyl (C=O) groups is 5. The first-order chi connectivity index (χ1) is 19.4. The van der Waals surface area contributed by atoms with Gasteiger partial charge in [-0.3, -0.25) is 9.59 Å². The summed E-state index contributed by atoms with van der Waals surface area (Å²) < 4.78 is 5.12. The van der Waals surface area contributed by atoms with Crippen molar-refractivity contribution in [1.82, 2.24) is 20.3 Å². The van der Waals surface area contributed by atoms with Crippen molar-refractivity contribution in [2.24, 2.45) is 5.10 Å². The van der Waals surface area contributed by atoms with Crippen LogP contribution in [0.15, 0.2) is 59.7 Å². The summed E-state index contributed by atoms with van der Waals surface area (Å²) in [5, 5.41) is 4.40. The van der Waals surface area contributed by atoms with Gasteiger partial charge in [-0.25, -0.2) is 19.8 Å². The number of hydrogen-bond acceptors (Lipinski definition) is 8. The Labute approximate surface area is 237 Å². The summed E-state index contributed by atoms with van der Waals surface area (Å²) in [5.74, 6) is -1.60. The van der Waals surface area contributed by atoms with Crippen LogP contribution in [0.2, 0.25) is 0 Å². The zero-order chi connectivity index (χ0) is 29.8. The van der Waals surface area contributed by atoms with Crippen LogP contribution in [-0.4, -0.2) is 75.2 Å². The largest absolute Gasteiger partial charge is 0.443 e. The van der Waals surface area contributed by atoms with Gasteiger partial charge < -0.3 is 19.4 Å². The third kappa shape index (κ3) is 6.71. The second-order valence-corrected chi connectivity index (χ2v) is 10.9. The first kappa shape index (κ1) is 29.2. The molecule has 2 aromatic rings. The second kappa shape index (κ2) is 11.8. The second-order valence-electron chi connectivity index (χ2n) is 10.9. The summed E-state index contributed by atoms with van der Waals surface area (Å²) in [6.07, 6.45) is 1.13. The Morgan fingerprint density at radius 3 is 2.22 bits per heavy atom. The van der Waals surface area contributed by atoms with Gasteiger partial charge in [0, 0.05) is 32.1 Å². The van der Waals surface area contributed by atoms with Crippen molar-refractivity contribution in [3.05, 3.63) is 71.3 Å². The first-order valence-electron chi connectivity index (χ1n) is 13.2. The summed E-state index contributed by atoms with van der Waals surface area (Å²) in [5.41, 5.74) is 2.33. The molecule has 0 saturated carbocycles. The van der Waals surface area contributed by atoms with E-state index < -0.39 is 35.1 Å². The molecule has 2 aromatic carbocycles. The molecule has 2 fully saturated rings. The van der Waals surface area contributed by atoms with E-state index in [0.29, 0.717) is 16.2 Å². The van der Waals surface area contributed by atoms with Crippen LogP contribution < -0.4 is 5.43 Å². The average Bonchev–Trinajstić information content (AvgIpc) is 3.09. The summed E-state index contributed by atoms with van der Waals surface area (Å²) in [7, 11) is 0. The van der Waals surface area contributed by atoms with Crippen molar-refractivity contribution >= 4 is 36.1 Å². The Bertz CT molecular complexity index is 1340. The lowest BCUT2D eigenvalue weighted by Gasteiger charge is -2.42. The highest BCUT2D eigenvalue weighted by Gasteiger charge is 2.60. The number of amides is 5. The van der Waals surface area contributed by atoms with Gasteiger partial charge in [0.2, 0.25) is 0 Å². The number of rotatable bonds is 6. The molecule has 1 spiro atoms. The minimum Gasteiger partial charge on any atom is -0.443 e.